The lowest BCUT2D eigenvalue weighted by Gasteiger charge is -2.14. The molecular weight excluding hydrogens is 439 g/mol. The number of thiazole rings is 1. The number of Topliss-reactive ketones (excluding diaryl/α,β-unsaturated/α-hetero) is 1. The third kappa shape index (κ3) is 7.55. The molecule has 0 spiro atoms. The Morgan fingerprint density at radius 2 is 2.17 bits per heavy atom. The van der Waals surface area contributed by atoms with Crippen LogP contribution < -0.4 is 0 Å². The zero-order chi connectivity index (χ0) is 22.1. The van der Waals surface area contributed by atoms with Crippen LogP contribution in [-0.4, -0.2) is 45.5 Å². The van der Waals surface area contributed by atoms with Crippen molar-refractivity contribution in [2.45, 2.75) is 49.0 Å². The summed E-state index contributed by atoms with van der Waals surface area (Å²) < 4.78 is 38.6. The molecule has 1 heterocycles. The van der Waals surface area contributed by atoms with E-state index in [2.05, 4.69) is 4.98 Å². The van der Waals surface area contributed by atoms with Crippen LogP contribution in [0.3, 0.4) is 0 Å². The van der Waals surface area contributed by atoms with Gasteiger partial charge in [-0.05, 0) is 31.6 Å². The molecule has 10 heteroatoms. The van der Waals surface area contributed by atoms with Crippen LogP contribution in [0.1, 0.15) is 49.0 Å². The van der Waals surface area contributed by atoms with Crippen molar-refractivity contribution in [1.82, 2.24) is 4.98 Å². The van der Waals surface area contributed by atoms with E-state index in [0.717, 1.165) is 6.42 Å². The second kappa shape index (κ2) is 12.3. The zero-order valence-corrected chi connectivity index (χ0v) is 17.9. The van der Waals surface area contributed by atoms with Crippen molar-refractivity contribution < 1.29 is 33.0 Å². The Hall–Kier alpha value is -1.65. The summed E-state index contributed by atoms with van der Waals surface area (Å²) in [6.07, 6.45) is 4.50. The quantitative estimate of drug-likeness (QED) is 0.330. The minimum absolute atomic E-state index is 0.0145. The van der Waals surface area contributed by atoms with E-state index in [1.807, 2.05) is 6.08 Å². The van der Waals surface area contributed by atoms with Gasteiger partial charge in [0.05, 0.1) is 6.10 Å². The van der Waals surface area contributed by atoms with Crippen molar-refractivity contribution in [3.05, 3.63) is 34.9 Å². The van der Waals surface area contributed by atoms with Gasteiger partial charge in [0.2, 0.25) is 0 Å². The average molecular weight is 464 g/mol. The molecule has 1 aromatic rings. The maximum Gasteiger partial charge on any atom is 0.355 e. The Bertz CT molecular complexity index is 797. The highest BCUT2D eigenvalue weighted by Gasteiger charge is 2.32. The number of carbonyl (C=O) groups excluding carboxylic acids is 1. The van der Waals surface area contributed by atoms with Crippen LogP contribution in [0.4, 0.5) is 13.2 Å². The number of halogens is 3. The van der Waals surface area contributed by atoms with Gasteiger partial charge in [-0.2, -0.15) is 0 Å². The summed E-state index contributed by atoms with van der Waals surface area (Å²) in [6, 6.07) is 0. The molecule has 5 nitrogen and oxygen atoms in total. The van der Waals surface area contributed by atoms with Gasteiger partial charge < -0.3 is 10.2 Å². The summed E-state index contributed by atoms with van der Waals surface area (Å²) in [5, 5.41) is 20.3. The van der Waals surface area contributed by atoms with Crippen LogP contribution >= 0.6 is 23.1 Å². The van der Waals surface area contributed by atoms with Gasteiger partial charge in [-0.15, -0.1) is 11.3 Å². The minimum Gasteiger partial charge on any atom is -0.476 e. The van der Waals surface area contributed by atoms with Gasteiger partial charge in [0.15, 0.2) is 15.9 Å². The summed E-state index contributed by atoms with van der Waals surface area (Å²) in [6.45, 7) is -1.49. The SMILES string of the molecule is O=C(O)c1csc(SCC[C@H]2C(=O)CC[C@@H]2/C=C/C[C@@H](O)CC/C(F)=C(/F)CF)n1. The Morgan fingerprint density at radius 3 is 2.83 bits per heavy atom. The van der Waals surface area contributed by atoms with Crippen LogP contribution in [-0.2, 0) is 4.79 Å². The fourth-order valence-electron chi connectivity index (χ4n) is 3.26. The number of aromatic nitrogens is 1. The molecule has 1 aromatic heterocycles. The van der Waals surface area contributed by atoms with Crippen LogP contribution in [0.5, 0.6) is 0 Å². The van der Waals surface area contributed by atoms with E-state index in [1.54, 1.807) is 6.08 Å². The molecule has 0 saturated heterocycles. The first-order chi connectivity index (χ1) is 14.3. The maximum atomic E-state index is 13.2. The van der Waals surface area contributed by atoms with Gasteiger partial charge in [0.1, 0.15) is 18.3 Å². The summed E-state index contributed by atoms with van der Waals surface area (Å²) in [4.78, 5) is 27.1. The molecule has 1 fully saturated rings. The first-order valence-electron chi connectivity index (χ1n) is 9.59. The number of carboxylic acids is 1. The zero-order valence-electron chi connectivity index (χ0n) is 16.2. The molecule has 0 aromatic carbocycles. The Morgan fingerprint density at radius 1 is 1.40 bits per heavy atom. The third-order valence-electron chi connectivity index (χ3n) is 4.91. The number of ketones is 1. The normalized spacial score (nSPS) is 21.3. The van der Waals surface area contributed by atoms with E-state index in [0.29, 0.717) is 22.9 Å². The topological polar surface area (TPSA) is 87.5 Å². The summed E-state index contributed by atoms with van der Waals surface area (Å²) in [5.74, 6) is -2.93. The minimum atomic E-state index is -1.49. The number of alkyl halides is 1. The number of hydrogen-bond acceptors (Lipinski definition) is 6. The van der Waals surface area contributed by atoms with Gasteiger partial charge in [-0.1, -0.05) is 23.9 Å². The van der Waals surface area contributed by atoms with Crippen LogP contribution in [0.15, 0.2) is 33.5 Å². The van der Waals surface area contributed by atoms with Crippen LogP contribution in [0.25, 0.3) is 0 Å². The maximum absolute atomic E-state index is 13.2. The highest BCUT2D eigenvalue weighted by molar-refractivity contribution is 8.01. The highest BCUT2D eigenvalue weighted by atomic mass is 32.2. The number of aliphatic hydroxyl groups is 1. The Kier molecular flexibility index (Phi) is 10.1. The first-order valence-corrected chi connectivity index (χ1v) is 11.5. The molecule has 0 bridgehead atoms. The largest absolute Gasteiger partial charge is 0.476 e. The molecule has 30 heavy (non-hydrogen) atoms. The van der Waals surface area contributed by atoms with E-state index in [4.69, 9.17) is 5.11 Å². The molecule has 0 amide bonds. The van der Waals surface area contributed by atoms with Gasteiger partial charge in [-0.3, -0.25) is 4.79 Å². The number of aliphatic hydroxyl groups excluding tert-OH is 1. The second-order valence-corrected chi connectivity index (χ2v) is 9.22. The third-order valence-corrected chi connectivity index (χ3v) is 6.97. The average Bonchev–Trinajstić information content (AvgIpc) is 3.33. The molecular formula is C20H24F3NO4S2. The van der Waals surface area contributed by atoms with Crippen molar-refractivity contribution >= 4 is 34.9 Å². The van der Waals surface area contributed by atoms with E-state index in [9.17, 15) is 27.9 Å². The predicted molar refractivity (Wildman–Crippen MR) is 110 cm³/mol. The predicted octanol–water partition coefficient (Wildman–Crippen LogP) is 5.13. The van der Waals surface area contributed by atoms with Crippen molar-refractivity contribution in [3.63, 3.8) is 0 Å². The van der Waals surface area contributed by atoms with E-state index < -0.39 is 30.4 Å². The number of hydrogen-bond donors (Lipinski definition) is 2. The van der Waals surface area contributed by atoms with Gasteiger partial charge in [0, 0.05) is 29.9 Å². The van der Waals surface area contributed by atoms with Crippen molar-refractivity contribution in [1.29, 1.82) is 0 Å². The number of carboxylic acid groups (broad SMARTS) is 1. The molecule has 0 radical (unpaired) electrons. The number of aromatic carboxylic acids is 1. The number of allylic oxidation sites excluding steroid dienone is 3. The Balaban J connectivity index is 1.77. The smallest absolute Gasteiger partial charge is 0.355 e. The molecule has 3 atom stereocenters. The van der Waals surface area contributed by atoms with E-state index in [1.165, 1.54) is 28.5 Å². The Labute approximate surface area is 181 Å². The standard InChI is InChI=1S/C20H24F3NO4S2/c21-10-16(23)15(22)6-5-13(25)3-1-2-12-4-7-18(26)14(12)8-9-29-20-24-17(11-30-20)19(27)28/h1-2,11-14,25H,3-10H2,(H,27,28)/b2-1+,16-15-/t12-,13+,14+/m0/s1. The molecule has 0 unspecified atom stereocenters. The lowest BCUT2D eigenvalue weighted by atomic mass is 9.92. The first kappa shape index (κ1) is 24.6. The molecule has 166 valence electrons. The van der Waals surface area contributed by atoms with Crippen molar-refractivity contribution in [2.75, 3.05) is 12.4 Å². The highest BCUT2D eigenvalue weighted by Crippen LogP contribution is 2.35. The summed E-state index contributed by atoms with van der Waals surface area (Å²) >= 11 is 2.68. The number of carbonyl (C=O) groups is 2. The summed E-state index contributed by atoms with van der Waals surface area (Å²) in [5.41, 5.74) is 0.0154. The van der Waals surface area contributed by atoms with Crippen LogP contribution in [0, 0.1) is 11.8 Å². The number of rotatable bonds is 12. The second-order valence-electron chi connectivity index (χ2n) is 7.02. The van der Waals surface area contributed by atoms with Gasteiger partial charge in [-0.25, -0.2) is 22.9 Å². The molecule has 1 saturated carbocycles. The van der Waals surface area contributed by atoms with Crippen molar-refractivity contribution in [2.24, 2.45) is 11.8 Å². The van der Waals surface area contributed by atoms with Gasteiger partial charge >= 0.3 is 5.97 Å². The molecule has 2 N–H and O–H groups in total. The molecule has 2 rings (SSSR count). The van der Waals surface area contributed by atoms with Crippen molar-refractivity contribution in [3.8, 4) is 0 Å². The monoisotopic (exact) mass is 463 g/mol. The number of thioether (sulfide) groups is 1. The lowest BCUT2D eigenvalue weighted by Crippen LogP contribution is -2.14. The van der Waals surface area contributed by atoms with Crippen LogP contribution in [0.2, 0.25) is 0 Å². The summed E-state index contributed by atoms with van der Waals surface area (Å²) in [7, 11) is 0. The lowest BCUT2D eigenvalue weighted by molar-refractivity contribution is -0.121. The van der Waals surface area contributed by atoms with E-state index in [-0.39, 0.29) is 42.6 Å². The fourth-order valence-corrected chi connectivity index (χ4v) is 5.16. The molecule has 1 aliphatic carbocycles. The molecule has 0 aliphatic heterocycles. The number of nitrogens with zero attached hydrogens (tertiary/aromatic N) is 1. The molecule has 1 aliphatic rings. The van der Waals surface area contributed by atoms with E-state index >= 15 is 0 Å². The fraction of sp³-hybridized carbons (Fsp3) is 0.550. The van der Waals surface area contributed by atoms with Gasteiger partial charge in [0.25, 0.3) is 0 Å².